The summed E-state index contributed by atoms with van der Waals surface area (Å²) in [6.07, 6.45) is 3.97. The smallest absolute Gasteiger partial charge is 0.0481 e. The van der Waals surface area contributed by atoms with Crippen molar-refractivity contribution in [2.45, 2.75) is 19.9 Å². The van der Waals surface area contributed by atoms with Gasteiger partial charge in [-0.25, -0.2) is 0 Å². The first-order valence-corrected chi connectivity index (χ1v) is 4.19. The van der Waals surface area contributed by atoms with Crippen molar-refractivity contribution in [1.29, 1.82) is 0 Å². The van der Waals surface area contributed by atoms with Gasteiger partial charge in [0.15, 0.2) is 0 Å². The monoisotopic (exact) mass is 161 g/mol. The van der Waals surface area contributed by atoms with Crippen LogP contribution in [0.2, 0.25) is 0 Å². The first-order chi connectivity index (χ1) is 5.74. The normalized spacial score (nSPS) is 13.6. The molecule has 1 aromatic carbocycles. The molecule has 0 heterocycles. The highest BCUT2D eigenvalue weighted by molar-refractivity contribution is 5.26. The zero-order valence-electron chi connectivity index (χ0n) is 7.62. The fraction of sp³-hybridized carbons (Fsp3) is 0.273. The lowest BCUT2D eigenvalue weighted by molar-refractivity contribution is 0.908. The Hall–Kier alpha value is -1.08. The summed E-state index contributed by atoms with van der Waals surface area (Å²) in [6.45, 7) is 4.05. The highest BCUT2D eigenvalue weighted by Gasteiger charge is 1.98. The predicted molar refractivity (Wildman–Crippen MR) is 52.9 cm³/mol. The van der Waals surface area contributed by atoms with E-state index >= 15 is 0 Å². The van der Waals surface area contributed by atoms with Crippen LogP contribution in [-0.4, -0.2) is 0 Å². The molecule has 0 unspecified atom stereocenters. The van der Waals surface area contributed by atoms with Gasteiger partial charge in [-0.2, -0.15) is 0 Å². The van der Waals surface area contributed by atoms with Gasteiger partial charge in [-0.05, 0) is 19.4 Å². The number of allylic oxidation sites excluding steroid dienone is 1. The van der Waals surface area contributed by atoms with Gasteiger partial charge in [0, 0.05) is 6.04 Å². The van der Waals surface area contributed by atoms with Crippen LogP contribution in [-0.2, 0) is 0 Å². The molecule has 0 bridgehead atoms. The molecule has 0 saturated heterocycles. The van der Waals surface area contributed by atoms with E-state index in [0.29, 0.717) is 0 Å². The van der Waals surface area contributed by atoms with Crippen molar-refractivity contribution in [3.63, 3.8) is 0 Å². The van der Waals surface area contributed by atoms with Crippen LogP contribution in [0.4, 0.5) is 0 Å². The maximum Gasteiger partial charge on any atom is 0.0481 e. The van der Waals surface area contributed by atoms with E-state index in [2.05, 4.69) is 31.2 Å². The maximum absolute atomic E-state index is 5.87. The average Bonchev–Trinajstić information content (AvgIpc) is 2.06. The zero-order chi connectivity index (χ0) is 8.97. The standard InChI is InChI=1S/C11H15N/c1-3-4-11(12)10-7-5-9(2)6-8-10/h3-8,11H,12H2,1-2H3/b4-3-/t11-/m1/s1. The Morgan fingerprint density at radius 3 is 2.33 bits per heavy atom. The van der Waals surface area contributed by atoms with Crippen molar-refractivity contribution in [1.82, 2.24) is 0 Å². The Morgan fingerprint density at radius 2 is 1.83 bits per heavy atom. The summed E-state index contributed by atoms with van der Waals surface area (Å²) in [6, 6.07) is 8.34. The van der Waals surface area contributed by atoms with E-state index in [0.717, 1.165) is 0 Å². The largest absolute Gasteiger partial charge is 0.321 e. The number of aryl methyl sites for hydroxylation is 1. The second-order valence-electron chi connectivity index (χ2n) is 2.96. The Labute approximate surface area is 73.9 Å². The van der Waals surface area contributed by atoms with Gasteiger partial charge < -0.3 is 5.73 Å². The van der Waals surface area contributed by atoms with Crippen LogP contribution in [0, 0.1) is 6.92 Å². The molecule has 0 fully saturated rings. The fourth-order valence-corrected chi connectivity index (χ4v) is 1.11. The van der Waals surface area contributed by atoms with E-state index in [9.17, 15) is 0 Å². The summed E-state index contributed by atoms with van der Waals surface area (Å²) in [5, 5.41) is 0. The van der Waals surface area contributed by atoms with Gasteiger partial charge in [0.1, 0.15) is 0 Å². The lowest BCUT2D eigenvalue weighted by Gasteiger charge is -2.06. The summed E-state index contributed by atoms with van der Waals surface area (Å²) < 4.78 is 0. The van der Waals surface area contributed by atoms with Crippen LogP contribution in [0.3, 0.4) is 0 Å². The van der Waals surface area contributed by atoms with E-state index in [-0.39, 0.29) is 6.04 Å². The molecule has 0 aliphatic rings. The molecular weight excluding hydrogens is 146 g/mol. The minimum absolute atomic E-state index is 0.0376. The molecule has 1 rings (SSSR count). The van der Waals surface area contributed by atoms with E-state index < -0.39 is 0 Å². The molecule has 0 spiro atoms. The molecule has 1 heteroatoms. The van der Waals surface area contributed by atoms with E-state index in [1.54, 1.807) is 0 Å². The summed E-state index contributed by atoms with van der Waals surface area (Å²) in [5.41, 5.74) is 8.30. The first-order valence-electron chi connectivity index (χ1n) is 4.19. The molecule has 64 valence electrons. The zero-order valence-corrected chi connectivity index (χ0v) is 7.62. The summed E-state index contributed by atoms with van der Waals surface area (Å²) in [5.74, 6) is 0. The third-order valence-corrected chi connectivity index (χ3v) is 1.86. The lowest BCUT2D eigenvalue weighted by atomic mass is 10.1. The van der Waals surface area contributed by atoms with Gasteiger partial charge in [0.2, 0.25) is 0 Å². The minimum Gasteiger partial charge on any atom is -0.321 e. The molecular formula is C11H15N. The molecule has 12 heavy (non-hydrogen) atoms. The predicted octanol–water partition coefficient (Wildman–Crippen LogP) is 2.57. The Morgan fingerprint density at radius 1 is 1.25 bits per heavy atom. The molecule has 1 aromatic rings. The molecule has 0 aliphatic heterocycles. The van der Waals surface area contributed by atoms with Crippen LogP contribution >= 0.6 is 0 Å². The minimum atomic E-state index is 0.0376. The summed E-state index contributed by atoms with van der Waals surface area (Å²) >= 11 is 0. The van der Waals surface area contributed by atoms with Crippen molar-refractivity contribution < 1.29 is 0 Å². The molecule has 0 aromatic heterocycles. The highest BCUT2D eigenvalue weighted by atomic mass is 14.6. The van der Waals surface area contributed by atoms with Crippen molar-refractivity contribution in [2.75, 3.05) is 0 Å². The van der Waals surface area contributed by atoms with Crippen LogP contribution in [0.25, 0.3) is 0 Å². The van der Waals surface area contributed by atoms with Gasteiger partial charge in [0.25, 0.3) is 0 Å². The van der Waals surface area contributed by atoms with Crippen LogP contribution in [0.5, 0.6) is 0 Å². The van der Waals surface area contributed by atoms with Crippen molar-refractivity contribution in [3.05, 3.63) is 47.5 Å². The quantitative estimate of drug-likeness (QED) is 0.663. The third kappa shape index (κ3) is 2.21. The highest BCUT2D eigenvalue weighted by Crippen LogP contribution is 2.11. The van der Waals surface area contributed by atoms with Crippen molar-refractivity contribution in [2.24, 2.45) is 5.73 Å². The maximum atomic E-state index is 5.87. The van der Waals surface area contributed by atoms with Gasteiger partial charge >= 0.3 is 0 Å². The fourth-order valence-electron chi connectivity index (χ4n) is 1.11. The van der Waals surface area contributed by atoms with E-state index in [1.807, 2.05) is 19.1 Å². The molecule has 0 saturated carbocycles. The SMILES string of the molecule is C/C=C\[C@@H](N)c1ccc(C)cc1. The van der Waals surface area contributed by atoms with Crippen LogP contribution < -0.4 is 5.73 Å². The molecule has 1 atom stereocenters. The van der Waals surface area contributed by atoms with E-state index in [4.69, 9.17) is 5.73 Å². The van der Waals surface area contributed by atoms with Gasteiger partial charge in [-0.3, -0.25) is 0 Å². The number of benzene rings is 1. The third-order valence-electron chi connectivity index (χ3n) is 1.86. The molecule has 1 nitrogen and oxygen atoms in total. The van der Waals surface area contributed by atoms with Crippen LogP contribution in [0.1, 0.15) is 24.1 Å². The number of hydrogen-bond acceptors (Lipinski definition) is 1. The second-order valence-corrected chi connectivity index (χ2v) is 2.96. The lowest BCUT2D eigenvalue weighted by Crippen LogP contribution is -2.06. The summed E-state index contributed by atoms with van der Waals surface area (Å²) in [4.78, 5) is 0. The number of rotatable bonds is 2. The second kappa shape index (κ2) is 4.07. The first kappa shape index (κ1) is 9.01. The van der Waals surface area contributed by atoms with Crippen molar-refractivity contribution >= 4 is 0 Å². The van der Waals surface area contributed by atoms with Gasteiger partial charge in [-0.1, -0.05) is 42.0 Å². The van der Waals surface area contributed by atoms with Gasteiger partial charge in [0.05, 0.1) is 0 Å². The molecule has 0 amide bonds. The van der Waals surface area contributed by atoms with Gasteiger partial charge in [-0.15, -0.1) is 0 Å². The van der Waals surface area contributed by atoms with Crippen LogP contribution in [0.15, 0.2) is 36.4 Å². The molecule has 0 aliphatic carbocycles. The number of nitrogens with two attached hydrogens (primary N) is 1. The van der Waals surface area contributed by atoms with E-state index in [1.165, 1.54) is 11.1 Å². The topological polar surface area (TPSA) is 26.0 Å². The Balaban J connectivity index is 2.82. The Bertz CT molecular complexity index is 259. The molecule has 2 N–H and O–H groups in total. The average molecular weight is 161 g/mol. The molecule has 0 radical (unpaired) electrons. The Kier molecular flexibility index (Phi) is 3.06. The number of hydrogen-bond donors (Lipinski definition) is 1. The van der Waals surface area contributed by atoms with Crippen molar-refractivity contribution in [3.8, 4) is 0 Å². The summed E-state index contributed by atoms with van der Waals surface area (Å²) in [7, 11) is 0.